The first kappa shape index (κ1) is 18.8. The van der Waals surface area contributed by atoms with Gasteiger partial charge in [0.1, 0.15) is 0 Å². The zero-order valence-electron chi connectivity index (χ0n) is 14.6. The summed E-state index contributed by atoms with van der Waals surface area (Å²) in [4.78, 5) is 37.6. The molecular formula is C19H18N2O5S. The van der Waals surface area contributed by atoms with Crippen LogP contribution in [-0.2, 0) is 9.59 Å². The van der Waals surface area contributed by atoms with E-state index in [1.165, 1.54) is 6.08 Å². The van der Waals surface area contributed by atoms with Gasteiger partial charge in [0.25, 0.3) is 11.1 Å². The number of nitrogens with one attached hydrogen (secondary N) is 1. The van der Waals surface area contributed by atoms with E-state index in [0.29, 0.717) is 16.4 Å². The van der Waals surface area contributed by atoms with Gasteiger partial charge in [-0.15, -0.1) is 0 Å². The standard InChI is InChI=1S/C19H18N2O5S/c1-2-3-4-5-17(22)20-8-9-21-18(23)16(27-19(21)24)11-13-6-7-14-15(10-13)26-12-25-14/h2-7,10-11H,8-9,12H2,1H3,(H,20,22)/b3-2+,5-4+,16-11-. The molecule has 0 bridgehead atoms. The molecular weight excluding hydrogens is 368 g/mol. The molecule has 1 aromatic carbocycles. The Balaban J connectivity index is 1.59. The number of benzene rings is 1. The minimum Gasteiger partial charge on any atom is -0.454 e. The zero-order chi connectivity index (χ0) is 19.2. The molecule has 0 spiro atoms. The SMILES string of the molecule is C/C=C/C=C/C(=O)NCCN1C(=O)S/C(=C\c2ccc3c(c2)OCO3)C1=O. The molecule has 0 aliphatic carbocycles. The van der Waals surface area contributed by atoms with E-state index in [4.69, 9.17) is 9.47 Å². The van der Waals surface area contributed by atoms with E-state index in [1.807, 2.05) is 6.92 Å². The van der Waals surface area contributed by atoms with Crippen LogP contribution in [0.3, 0.4) is 0 Å². The highest BCUT2D eigenvalue weighted by Crippen LogP contribution is 2.36. The summed E-state index contributed by atoms with van der Waals surface area (Å²) < 4.78 is 10.6. The molecule has 27 heavy (non-hydrogen) atoms. The summed E-state index contributed by atoms with van der Waals surface area (Å²) in [5, 5.41) is 2.28. The number of carbonyl (C=O) groups is 3. The number of fused-ring (bicyclic) bond motifs is 1. The van der Waals surface area contributed by atoms with Gasteiger partial charge in [-0.3, -0.25) is 19.3 Å². The predicted octanol–water partition coefficient (Wildman–Crippen LogP) is 2.70. The van der Waals surface area contributed by atoms with Crippen molar-refractivity contribution in [2.75, 3.05) is 19.9 Å². The second-order valence-corrected chi connectivity index (χ2v) is 6.62. The largest absolute Gasteiger partial charge is 0.454 e. The van der Waals surface area contributed by atoms with Gasteiger partial charge in [0.05, 0.1) is 4.91 Å². The number of rotatable bonds is 6. The van der Waals surface area contributed by atoms with Gasteiger partial charge < -0.3 is 14.8 Å². The zero-order valence-corrected chi connectivity index (χ0v) is 15.5. The Hall–Kier alpha value is -3.00. The summed E-state index contributed by atoms with van der Waals surface area (Å²) in [6.45, 7) is 2.32. The number of carbonyl (C=O) groups excluding carboxylic acids is 3. The Kier molecular flexibility index (Phi) is 5.97. The van der Waals surface area contributed by atoms with E-state index in [-0.39, 0.29) is 36.9 Å². The summed E-state index contributed by atoms with van der Waals surface area (Å²) in [6, 6.07) is 5.31. The van der Waals surface area contributed by atoms with Crippen molar-refractivity contribution in [2.24, 2.45) is 0 Å². The van der Waals surface area contributed by atoms with Gasteiger partial charge in [0, 0.05) is 19.2 Å². The number of allylic oxidation sites excluding steroid dienone is 3. The van der Waals surface area contributed by atoms with E-state index in [9.17, 15) is 14.4 Å². The van der Waals surface area contributed by atoms with Crippen molar-refractivity contribution in [1.82, 2.24) is 10.2 Å². The lowest BCUT2D eigenvalue weighted by molar-refractivity contribution is -0.123. The van der Waals surface area contributed by atoms with Crippen molar-refractivity contribution in [1.29, 1.82) is 0 Å². The lowest BCUT2D eigenvalue weighted by atomic mass is 10.2. The van der Waals surface area contributed by atoms with Crippen LogP contribution in [0.15, 0.2) is 47.4 Å². The van der Waals surface area contributed by atoms with Crippen molar-refractivity contribution in [3.05, 3.63) is 53.0 Å². The molecule has 1 saturated heterocycles. The molecule has 0 atom stereocenters. The first-order chi connectivity index (χ1) is 13.1. The predicted molar refractivity (Wildman–Crippen MR) is 102 cm³/mol. The van der Waals surface area contributed by atoms with Crippen LogP contribution in [0.4, 0.5) is 4.79 Å². The molecule has 1 N–H and O–H groups in total. The summed E-state index contributed by atoms with van der Waals surface area (Å²) in [7, 11) is 0. The van der Waals surface area contributed by atoms with Gasteiger partial charge in [-0.2, -0.15) is 0 Å². The lowest BCUT2D eigenvalue weighted by Gasteiger charge is -2.12. The maximum absolute atomic E-state index is 12.5. The number of nitrogens with zero attached hydrogens (tertiary/aromatic N) is 1. The van der Waals surface area contributed by atoms with Crippen LogP contribution in [0.2, 0.25) is 0 Å². The topological polar surface area (TPSA) is 84.9 Å². The first-order valence-electron chi connectivity index (χ1n) is 8.30. The van der Waals surface area contributed by atoms with E-state index < -0.39 is 0 Å². The second-order valence-electron chi connectivity index (χ2n) is 5.62. The average molecular weight is 386 g/mol. The monoisotopic (exact) mass is 386 g/mol. The minimum absolute atomic E-state index is 0.117. The van der Waals surface area contributed by atoms with E-state index in [0.717, 1.165) is 22.2 Å². The van der Waals surface area contributed by atoms with Crippen LogP contribution < -0.4 is 14.8 Å². The molecule has 3 rings (SSSR count). The smallest absolute Gasteiger partial charge is 0.293 e. The van der Waals surface area contributed by atoms with Gasteiger partial charge in [0.2, 0.25) is 12.7 Å². The second kappa shape index (κ2) is 8.59. The van der Waals surface area contributed by atoms with Crippen LogP contribution in [0, 0.1) is 0 Å². The van der Waals surface area contributed by atoms with E-state index >= 15 is 0 Å². The molecule has 1 fully saturated rings. The molecule has 7 nitrogen and oxygen atoms in total. The van der Waals surface area contributed by atoms with Gasteiger partial charge in [0.15, 0.2) is 11.5 Å². The summed E-state index contributed by atoms with van der Waals surface area (Å²) >= 11 is 0.876. The minimum atomic E-state index is -0.374. The number of ether oxygens (including phenoxy) is 2. The third kappa shape index (κ3) is 4.59. The van der Waals surface area contributed by atoms with Gasteiger partial charge in [-0.1, -0.05) is 24.3 Å². The van der Waals surface area contributed by atoms with Crippen molar-refractivity contribution >= 4 is 34.9 Å². The van der Waals surface area contributed by atoms with Crippen LogP contribution in [0.1, 0.15) is 12.5 Å². The van der Waals surface area contributed by atoms with Gasteiger partial charge in [-0.25, -0.2) is 0 Å². The molecule has 2 heterocycles. The Morgan fingerprint density at radius 2 is 2.07 bits per heavy atom. The van der Waals surface area contributed by atoms with E-state index in [2.05, 4.69) is 5.32 Å². The molecule has 140 valence electrons. The normalized spacial score (nSPS) is 17.7. The van der Waals surface area contributed by atoms with Crippen molar-refractivity contribution < 1.29 is 23.9 Å². The van der Waals surface area contributed by atoms with Gasteiger partial charge in [-0.05, 0) is 42.5 Å². The van der Waals surface area contributed by atoms with Crippen molar-refractivity contribution in [2.45, 2.75) is 6.92 Å². The first-order valence-corrected chi connectivity index (χ1v) is 9.12. The molecule has 2 aliphatic rings. The summed E-state index contributed by atoms with van der Waals surface area (Å²) in [5.41, 5.74) is 0.743. The molecule has 0 radical (unpaired) electrons. The number of thioether (sulfide) groups is 1. The molecule has 0 unspecified atom stereocenters. The number of amides is 3. The highest BCUT2D eigenvalue weighted by molar-refractivity contribution is 8.18. The molecule has 3 amide bonds. The molecule has 0 aromatic heterocycles. The number of hydrogen-bond donors (Lipinski definition) is 1. The van der Waals surface area contributed by atoms with E-state index in [1.54, 1.807) is 42.5 Å². The fourth-order valence-corrected chi connectivity index (χ4v) is 3.32. The van der Waals surface area contributed by atoms with Crippen LogP contribution in [0.5, 0.6) is 11.5 Å². The highest BCUT2D eigenvalue weighted by atomic mass is 32.2. The summed E-state index contributed by atoms with van der Waals surface area (Å²) in [6.07, 6.45) is 8.18. The Morgan fingerprint density at radius 3 is 2.89 bits per heavy atom. The Morgan fingerprint density at radius 1 is 1.26 bits per heavy atom. The van der Waals surface area contributed by atoms with Gasteiger partial charge >= 0.3 is 0 Å². The number of imide groups is 1. The van der Waals surface area contributed by atoms with Crippen LogP contribution in [-0.4, -0.2) is 41.8 Å². The van der Waals surface area contributed by atoms with Crippen LogP contribution in [0.25, 0.3) is 6.08 Å². The molecule has 2 aliphatic heterocycles. The van der Waals surface area contributed by atoms with Crippen LogP contribution >= 0.6 is 11.8 Å². The fourth-order valence-electron chi connectivity index (χ4n) is 2.45. The maximum atomic E-state index is 12.5. The average Bonchev–Trinajstić information content (AvgIpc) is 3.21. The quantitative estimate of drug-likeness (QED) is 0.598. The van der Waals surface area contributed by atoms with Crippen molar-refractivity contribution in [3.8, 4) is 11.5 Å². The van der Waals surface area contributed by atoms with Crippen molar-refractivity contribution in [3.63, 3.8) is 0 Å². The maximum Gasteiger partial charge on any atom is 0.293 e. The Bertz CT molecular complexity index is 860. The third-order valence-corrected chi connectivity index (χ3v) is 4.66. The Labute approximate surface area is 160 Å². The molecule has 0 saturated carbocycles. The third-order valence-electron chi connectivity index (χ3n) is 3.75. The lowest BCUT2D eigenvalue weighted by Crippen LogP contribution is -2.36. The summed E-state index contributed by atoms with van der Waals surface area (Å²) in [5.74, 6) is 0.605. The fraction of sp³-hybridized carbons (Fsp3) is 0.211. The highest BCUT2D eigenvalue weighted by Gasteiger charge is 2.34. The molecule has 1 aromatic rings. The molecule has 8 heteroatoms. The number of hydrogen-bond acceptors (Lipinski definition) is 6.